The Labute approximate surface area is 193 Å². The molecule has 3 fully saturated rings. The van der Waals surface area contributed by atoms with Crippen molar-refractivity contribution in [3.63, 3.8) is 0 Å². The molecule has 9 heteroatoms. The quantitative estimate of drug-likeness (QED) is 0.430. The molecular formula is C24H32FN5O3. The summed E-state index contributed by atoms with van der Waals surface area (Å²) in [6.45, 7) is 1.74. The highest BCUT2D eigenvalue weighted by atomic mass is 19.1. The number of halogens is 1. The lowest BCUT2D eigenvalue weighted by Gasteiger charge is -2.42. The number of nitrogens with two attached hydrogens (primary N) is 1. The predicted molar refractivity (Wildman–Crippen MR) is 122 cm³/mol. The molecule has 1 unspecified atom stereocenters. The number of piperidine rings is 1. The molecule has 0 spiro atoms. The van der Waals surface area contributed by atoms with E-state index in [1.165, 1.54) is 18.6 Å². The molecule has 0 aromatic heterocycles. The first-order valence-corrected chi connectivity index (χ1v) is 11.7. The van der Waals surface area contributed by atoms with Gasteiger partial charge in [0, 0.05) is 13.1 Å². The highest BCUT2D eigenvalue weighted by Crippen LogP contribution is 2.30. The third kappa shape index (κ3) is 5.19. The summed E-state index contributed by atoms with van der Waals surface area (Å²) in [5.41, 5.74) is 6.29. The SMILES string of the molecule is N=C1C(=C(O)CN2CCCCC2C(N)=O)C(=O)N(Cc2ccc(F)cc2)CN1CC1CCC1. The summed E-state index contributed by atoms with van der Waals surface area (Å²) in [6, 6.07) is 5.48. The van der Waals surface area contributed by atoms with Gasteiger partial charge >= 0.3 is 0 Å². The normalized spacial score (nSPS) is 24.1. The fourth-order valence-electron chi connectivity index (χ4n) is 4.86. The van der Waals surface area contributed by atoms with Gasteiger partial charge < -0.3 is 20.6 Å². The molecule has 0 radical (unpaired) electrons. The summed E-state index contributed by atoms with van der Waals surface area (Å²) in [5.74, 6) is -0.939. The third-order valence-electron chi connectivity index (χ3n) is 6.97. The smallest absolute Gasteiger partial charge is 0.262 e. The molecule has 4 rings (SSSR count). The van der Waals surface area contributed by atoms with Crippen LogP contribution in [0.5, 0.6) is 0 Å². The van der Waals surface area contributed by atoms with Gasteiger partial charge in [-0.1, -0.05) is 25.0 Å². The van der Waals surface area contributed by atoms with Crippen LogP contribution in [0.15, 0.2) is 35.6 Å². The monoisotopic (exact) mass is 457 g/mol. The fraction of sp³-hybridized carbons (Fsp3) is 0.542. The Morgan fingerprint density at radius 3 is 2.48 bits per heavy atom. The number of carbonyl (C=O) groups excluding carboxylic acids is 2. The van der Waals surface area contributed by atoms with Crippen LogP contribution in [0.25, 0.3) is 0 Å². The molecule has 33 heavy (non-hydrogen) atoms. The van der Waals surface area contributed by atoms with E-state index >= 15 is 0 Å². The zero-order chi connectivity index (χ0) is 23.5. The largest absolute Gasteiger partial charge is 0.510 e. The van der Waals surface area contributed by atoms with E-state index in [-0.39, 0.29) is 42.7 Å². The van der Waals surface area contributed by atoms with Gasteiger partial charge in [0.25, 0.3) is 5.91 Å². The van der Waals surface area contributed by atoms with Crippen molar-refractivity contribution in [2.45, 2.75) is 51.1 Å². The van der Waals surface area contributed by atoms with E-state index in [1.54, 1.807) is 21.9 Å². The van der Waals surface area contributed by atoms with E-state index in [2.05, 4.69) is 0 Å². The Bertz CT molecular complexity index is 944. The number of hydrogen-bond donors (Lipinski definition) is 3. The summed E-state index contributed by atoms with van der Waals surface area (Å²) >= 11 is 0. The molecule has 2 amide bonds. The van der Waals surface area contributed by atoms with Crippen LogP contribution in [0.2, 0.25) is 0 Å². The van der Waals surface area contributed by atoms with E-state index in [0.29, 0.717) is 25.4 Å². The van der Waals surface area contributed by atoms with Crippen molar-refractivity contribution in [3.8, 4) is 0 Å². The lowest BCUT2D eigenvalue weighted by atomic mass is 9.85. The van der Waals surface area contributed by atoms with Gasteiger partial charge in [0.15, 0.2) is 0 Å². The maximum Gasteiger partial charge on any atom is 0.262 e. The second kappa shape index (κ2) is 9.91. The average Bonchev–Trinajstić information content (AvgIpc) is 2.75. The Morgan fingerprint density at radius 1 is 1.12 bits per heavy atom. The van der Waals surface area contributed by atoms with Crippen LogP contribution in [0.3, 0.4) is 0 Å². The van der Waals surface area contributed by atoms with Gasteiger partial charge in [0.05, 0.1) is 19.3 Å². The van der Waals surface area contributed by atoms with Gasteiger partial charge in [-0.3, -0.25) is 19.9 Å². The minimum atomic E-state index is -0.490. The summed E-state index contributed by atoms with van der Waals surface area (Å²) in [4.78, 5) is 30.5. The van der Waals surface area contributed by atoms with Gasteiger partial charge in [-0.05, 0) is 55.8 Å². The molecule has 1 aromatic rings. The first-order valence-electron chi connectivity index (χ1n) is 11.7. The number of amidine groups is 1. The number of amides is 2. The van der Waals surface area contributed by atoms with E-state index in [1.807, 2.05) is 4.90 Å². The molecule has 3 aliphatic rings. The van der Waals surface area contributed by atoms with Crippen molar-refractivity contribution >= 4 is 17.6 Å². The zero-order valence-corrected chi connectivity index (χ0v) is 18.8. The number of primary amides is 1. The van der Waals surface area contributed by atoms with Crippen molar-refractivity contribution < 1.29 is 19.1 Å². The van der Waals surface area contributed by atoms with Gasteiger partial charge in [0.2, 0.25) is 5.91 Å². The lowest BCUT2D eigenvalue weighted by Crippen LogP contribution is -2.54. The van der Waals surface area contributed by atoms with Crippen LogP contribution in [0.4, 0.5) is 4.39 Å². The Hall–Kier alpha value is -2.94. The summed E-state index contributed by atoms with van der Waals surface area (Å²) in [7, 11) is 0. The molecule has 4 N–H and O–H groups in total. The highest BCUT2D eigenvalue weighted by Gasteiger charge is 2.38. The summed E-state index contributed by atoms with van der Waals surface area (Å²) < 4.78 is 13.3. The minimum Gasteiger partial charge on any atom is -0.510 e. The van der Waals surface area contributed by atoms with Crippen molar-refractivity contribution in [3.05, 3.63) is 47.0 Å². The fourth-order valence-corrected chi connectivity index (χ4v) is 4.86. The summed E-state index contributed by atoms with van der Waals surface area (Å²) in [5, 5.41) is 19.7. The molecule has 1 saturated carbocycles. The van der Waals surface area contributed by atoms with Crippen LogP contribution in [-0.2, 0) is 16.1 Å². The van der Waals surface area contributed by atoms with Crippen LogP contribution >= 0.6 is 0 Å². The molecule has 2 aliphatic heterocycles. The summed E-state index contributed by atoms with van der Waals surface area (Å²) in [6.07, 6.45) is 5.73. The van der Waals surface area contributed by atoms with Crippen LogP contribution in [-0.4, -0.2) is 69.8 Å². The first-order chi connectivity index (χ1) is 15.8. The Kier molecular flexibility index (Phi) is 6.97. The number of nitrogens with zero attached hydrogens (tertiary/aromatic N) is 3. The zero-order valence-electron chi connectivity index (χ0n) is 18.8. The maximum absolute atomic E-state index is 13.4. The second-order valence-electron chi connectivity index (χ2n) is 9.35. The van der Waals surface area contributed by atoms with Gasteiger partial charge in [0.1, 0.15) is 23.0 Å². The molecule has 0 bridgehead atoms. The third-order valence-corrected chi connectivity index (χ3v) is 6.97. The number of hydrogen-bond acceptors (Lipinski definition) is 5. The number of likely N-dealkylation sites (tertiary alicyclic amines) is 1. The Balaban J connectivity index is 1.59. The first kappa shape index (κ1) is 23.2. The molecule has 178 valence electrons. The number of nitrogens with one attached hydrogen (secondary N) is 1. The molecule has 2 saturated heterocycles. The van der Waals surface area contributed by atoms with Crippen molar-refractivity contribution in [1.82, 2.24) is 14.7 Å². The molecule has 8 nitrogen and oxygen atoms in total. The number of aliphatic hydroxyl groups is 1. The van der Waals surface area contributed by atoms with E-state index < -0.39 is 17.9 Å². The van der Waals surface area contributed by atoms with Crippen LogP contribution < -0.4 is 5.73 Å². The average molecular weight is 458 g/mol. The number of carbonyl (C=O) groups is 2. The number of rotatable bonds is 7. The van der Waals surface area contributed by atoms with Crippen LogP contribution in [0.1, 0.15) is 44.1 Å². The van der Waals surface area contributed by atoms with Crippen LogP contribution in [0, 0.1) is 17.1 Å². The maximum atomic E-state index is 13.4. The topological polar surface area (TPSA) is 114 Å². The minimum absolute atomic E-state index is 0.00127. The predicted octanol–water partition coefficient (Wildman–Crippen LogP) is 2.36. The van der Waals surface area contributed by atoms with E-state index in [9.17, 15) is 19.1 Å². The van der Waals surface area contributed by atoms with Gasteiger partial charge in [-0.25, -0.2) is 4.39 Å². The molecular weight excluding hydrogens is 425 g/mol. The molecule has 1 aliphatic carbocycles. The van der Waals surface area contributed by atoms with Crippen molar-refractivity contribution in [1.29, 1.82) is 5.41 Å². The number of benzene rings is 1. The molecule has 2 heterocycles. The number of aliphatic hydroxyl groups excluding tert-OH is 1. The van der Waals surface area contributed by atoms with Crippen molar-refractivity contribution in [2.75, 3.05) is 26.3 Å². The lowest BCUT2D eigenvalue weighted by molar-refractivity contribution is -0.130. The second-order valence-corrected chi connectivity index (χ2v) is 9.35. The van der Waals surface area contributed by atoms with Gasteiger partial charge in [-0.2, -0.15) is 0 Å². The van der Waals surface area contributed by atoms with E-state index in [0.717, 1.165) is 31.2 Å². The highest BCUT2D eigenvalue weighted by molar-refractivity contribution is 6.21. The standard InChI is InChI=1S/C24H32FN5O3/c25-18-9-7-17(8-10-18)13-30-15-29(12-16-4-3-5-16)22(26)21(24(30)33)20(31)14-28-11-2-1-6-19(28)23(27)32/h7-10,16,19,26,31H,1-6,11-15H2,(H2,27,32). The van der Waals surface area contributed by atoms with E-state index in [4.69, 9.17) is 11.1 Å². The molecule has 1 atom stereocenters. The van der Waals surface area contributed by atoms with Gasteiger partial charge in [-0.15, -0.1) is 0 Å². The Morgan fingerprint density at radius 2 is 1.85 bits per heavy atom. The van der Waals surface area contributed by atoms with Crippen molar-refractivity contribution in [2.24, 2.45) is 11.7 Å². The molecule has 1 aromatic carbocycles.